The largest absolute Gasteiger partial charge is 0.490 e. The molecule has 1 aromatic rings. The summed E-state index contributed by atoms with van der Waals surface area (Å²) in [5, 5.41) is 8.75. The van der Waals surface area contributed by atoms with Gasteiger partial charge in [-0.3, -0.25) is 0 Å². The Bertz CT molecular complexity index is 377. The van der Waals surface area contributed by atoms with Gasteiger partial charge in [0.05, 0.1) is 19.6 Å². The van der Waals surface area contributed by atoms with Crippen LogP contribution in [-0.2, 0) is 0 Å². The van der Waals surface area contributed by atoms with Gasteiger partial charge in [0, 0.05) is 13.6 Å². The zero-order valence-corrected chi connectivity index (χ0v) is 9.32. The van der Waals surface area contributed by atoms with E-state index in [-0.39, 0.29) is 5.15 Å². The van der Waals surface area contributed by atoms with Crippen LogP contribution < -0.4 is 9.64 Å². The van der Waals surface area contributed by atoms with Crippen LogP contribution >= 0.6 is 11.6 Å². The first-order valence-corrected chi connectivity index (χ1v) is 4.71. The Morgan fingerprint density at radius 1 is 1.60 bits per heavy atom. The smallest absolute Gasteiger partial charge is 0.199 e. The quantitative estimate of drug-likeness (QED) is 0.728. The van der Waals surface area contributed by atoms with Gasteiger partial charge < -0.3 is 9.64 Å². The van der Waals surface area contributed by atoms with Gasteiger partial charge in [-0.25, -0.2) is 9.97 Å². The number of halogens is 1. The molecule has 15 heavy (non-hydrogen) atoms. The zero-order chi connectivity index (χ0) is 11.3. The maximum atomic E-state index is 8.48. The van der Waals surface area contributed by atoms with Gasteiger partial charge in [0.2, 0.25) is 0 Å². The second-order valence-corrected chi connectivity index (χ2v) is 3.21. The highest BCUT2D eigenvalue weighted by molar-refractivity contribution is 6.31. The monoisotopic (exact) mass is 226 g/mol. The number of rotatable bonds is 4. The van der Waals surface area contributed by atoms with Crippen LogP contribution in [0.2, 0.25) is 5.15 Å². The maximum absolute atomic E-state index is 8.48. The molecule has 0 atom stereocenters. The Labute approximate surface area is 93.3 Å². The predicted molar refractivity (Wildman–Crippen MR) is 57.1 cm³/mol. The van der Waals surface area contributed by atoms with Crippen molar-refractivity contribution in [1.82, 2.24) is 9.97 Å². The molecular weight excluding hydrogens is 216 g/mol. The molecule has 0 radical (unpaired) electrons. The van der Waals surface area contributed by atoms with Gasteiger partial charge in [-0.15, -0.1) is 0 Å². The number of nitrogens with zero attached hydrogens (tertiary/aromatic N) is 4. The number of nitriles is 1. The Hall–Kier alpha value is -1.54. The summed E-state index contributed by atoms with van der Waals surface area (Å²) in [6.45, 7) is 0.570. The molecule has 0 amide bonds. The highest BCUT2D eigenvalue weighted by Crippen LogP contribution is 2.30. The Balaban J connectivity index is 2.93. The first-order valence-electron chi connectivity index (χ1n) is 4.33. The van der Waals surface area contributed by atoms with Crippen molar-refractivity contribution in [3.05, 3.63) is 11.5 Å². The minimum atomic E-state index is 0.270. The van der Waals surface area contributed by atoms with E-state index in [2.05, 4.69) is 16.0 Å². The van der Waals surface area contributed by atoms with Gasteiger partial charge >= 0.3 is 0 Å². The van der Waals surface area contributed by atoms with E-state index in [1.807, 2.05) is 7.05 Å². The Morgan fingerprint density at radius 2 is 2.33 bits per heavy atom. The lowest BCUT2D eigenvalue weighted by molar-refractivity contribution is 0.411. The third-order valence-corrected chi connectivity index (χ3v) is 2.14. The molecule has 5 nitrogen and oxygen atoms in total. The van der Waals surface area contributed by atoms with Crippen molar-refractivity contribution in [2.45, 2.75) is 6.42 Å². The molecule has 0 N–H and O–H groups in total. The third-order valence-electron chi connectivity index (χ3n) is 1.87. The van der Waals surface area contributed by atoms with E-state index >= 15 is 0 Å². The molecule has 1 aromatic heterocycles. The lowest BCUT2D eigenvalue weighted by Gasteiger charge is -2.18. The lowest BCUT2D eigenvalue weighted by Crippen LogP contribution is -2.20. The second kappa shape index (κ2) is 5.37. The molecule has 0 aliphatic heterocycles. The number of hydrogen-bond donors (Lipinski definition) is 0. The fraction of sp³-hybridized carbons (Fsp3) is 0.444. The van der Waals surface area contributed by atoms with Crippen LogP contribution in [0.25, 0.3) is 0 Å². The molecule has 0 aromatic carbocycles. The summed E-state index contributed by atoms with van der Waals surface area (Å²) in [5.41, 5.74) is 0. The standard InChI is InChI=1S/C9H11ClN4O/c1-14(5-3-4-11)9-7(15-2)8(10)12-6-13-9/h6H,3,5H2,1-2H3. The molecule has 1 heterocycles. The molecule has 0 unspecified atom stereocenters. The fourth-order valence-electron chi connectivity index (χ4n) is 1.11. The van der Waals surface area contributed by atoms with Crippen LogP contribution in [0.1, 0.15) is 6.42 Å². The lowest BCUT2D eigenvalue weighted by atomic mass is 10.4. The van der Waals surface area contributed by atoms with Crippen molar-refractivity contribution in [2.75, 3.05) is 25.6 Å². The van der Waals surface area contributed by atoms with Gasteiger partial charge in [-0.1, -0.05) is 11.6 Å². The summed E-state index contributed by atoms with van der Waals surface area (Å²) in [7, 11) is 3.32. The van der Waals surface area contributed by atoms with E-state index in [0.717, 1.165) is 0 Å². The van der Waals surface area contributed by atoms with Crippen molar-refractivity contribution in [2.24, 2.45) is 0 Å². The summed E-state index contributed by atoms with van der Waals surface area (Å²) in [5.74, 6) is 1.02. The SMILES string of the molecule is COc1c(Cl)ncnc1N(C)CCC#N. The first kappa shape index (κ1) is 11.5. The summed E-state index contributed by atoms with van der Waals surface area (Å²) >= 11 is 5.84. The Morgan fingerprint density at radius 3 is 2.93 bits per heavy atom. The average molecular weight is 227 g/mol. The van der Waals surface area contributed by atoms with E-state index in [1.54, 1.807) is 4.90 Å². The molecular formula is C9H11ClN4O. The minimum Gasteiger partial charge on any atom is -0.490 e. The summed E-state index contributed by atoms with van der Waals surface area (Å²) in [6.07, 6.45) is 1.78. The van der Waals surface area contributed by atoms with Crippen molar-refractivity contribution in [1.29, 1.82) is 5.26 Å². The van der Waals surface area contributed by atoms with Crippen LogP contribution in [-0.4, -0.2) is 30.7 Å². The highest BCUT2D eigenvalue weighted by Gasteiger charge is 2.13. The van der Waals surface area contributed by atoms with Crippen LogP contribution in [0.3, 0.4) is 0 Å². The average Bonchev–Trinajstić information content (AvgIpc) is 2.25. The number of aromatic nitrogens is 2. The molecule has 0 saturated heterocycles. The van der Waals surface area contributed by atoms with E-state index in [1.165, 1.54) is 13.4 Å². The number of methoxy groups -OCH3 is 1. The van der Waals surface area contributed by atoms with E-state index in [9.17, 15) is 0 Å². The van der Waals surface area contributed by atoms with Crippen LogP contribution in [0, 0.1) is 11.3 Å². The Kier molecular flexibility index (Phi) is 4.13. The molecule has 1 rings (SSSR count). The molecule has 0 saturated carbocycles. The molecule has 0 bridgehead atoms. The molecule has 0 aliphatic carbocycles. The van der Waals surface area contributed by atoms with Gasteiger partial charge in [-0.05, 0) is 0 Å². The van der Waals surface area contributed by atoms with Gasteiger partial charge in [-0.2, -0.15) is 5.26 Å². The van der Waals surface area contributed by atoms with E-state index < -0.39 is 0 Å². The van der Waals surface area contributed by atoms with Gasteiger partial charge in [0.1, 0.15) is 6.33 Å². The first-order chi connectivity index (χ1) is 7.20. The molecule has 0 fully saturated rings. The minimum absolute atomic E-state index is 0.270. The normalized spacial score (nSPS) is 9.47. The van der Waals surface area contributed by atoms with Crippen molar-refractivity contribution in [3.8, 4) is 11.8 Å². The highest BCUT2D eigenvalue weighted by atomic mass is 35.5. The number of anilines is 1. The van der Waals surface area contributed by atoms with Crippen LogP contribution in [0.5, 0.6) is 5.75 Å². The zero-order valence-electron chi connectivity index (χ0n) is 8.57. The summed E-state index contributed by atoms with van der Waals surface area (Å²) < 4.78 is 5.10. The van der Waals surface area contributed by atoms with E-state index in [0.29, 0.717) is 24.5 Å². The molecule has 0 spiro atoms. The predicted octanol–water partition coefficient (Wildman–Crippen LogP) is 1.49. The van der Waals surface area contributed by atoms with Gasteiger partial charge in [0.25, 0.3) is 0 Å². The number of ether oxygens (including phenoxy) is 1. The van der Waals surface area contributed by atoms with Crippen molar-refractivity contribution in [3.63, 3.8) is 0 Å². The molecule has 6 heteroatoms. The van der Waals surface area contributed by atoms with Gasteiger partial charge in [0.15, 0.2) is 16.7 Å². The maximum Gasteiger partial charge on any atom is 0.199 e. The van der Waals surface area contributed by atoms with Crippen molar-refractivity contribution >= 4 is 17.4 Å². The van der Waals surface area contributed by atoms with Crippen LogP contribution in [0.15, 0.2) is 6.33 Å². The van der Waals surface area contributed by atoms with E-state index in [4.69, 9.17) is 21.6 Å². The van der Waals surface area contributed by atoms with Crippen molar-refractivity contribution < 1.29 is 4.74 Å². The summed E-state index contributed by atoms with van der Waals surface area (Å²) in [4.78, 5) is 9.67. The summed E-state index contributed by atoms with van der Waals surface area (Å²) in [6, 6.07) is 2.06. The topological polar surface area (TPSA) is 62.0 Å². The molecule has 80 valence electrons. The molecule has 0 aliphatic rings. The fourth-order valence-corrected chi connectivity index (χ4v) is 1.32. The third kappa shape index (κ3) is 2.70. The number of hydrogen-bond acceptors (Lipinski definition) is 5. The van der Waals surface area contributed by atoms with Crippen LogP contribution in [0.4, 0.5) is 5.82 Å². The second-order valence-electron chi connectivity index (χ2n) is 2.85.